The Bertz CT molecular complexity index is 1360. The second-order valence-electron chi connectivity index (χ2n) is 8.85. The van der Waals surface area contributed by atoms with Crippen LogP contribution < -0.4 is 14.2 Å². The van der Waals surface area contributed by atoms with Crippen LogP contribution in [0, 0.1) is 5.82 Å². The van der Waals surface area contributed by atoms with Gasteiger partial charge in [-0.1, -0.05) is 6.07 Å². The van der Waals surface area contributed by atoms with Gasteiger partial charge >= 0.3 is 0 Å². The average Bonchev–Trinajstić information content (AvgIpc) is 3.30. The number of methoxy groups -OCH3 is 2. The molecule has 188 valence electrons. The second-order valence-corrected chi connectivity index (χ2v) is 9.98. The number of benzene rings is 3. The fourth-order valence-corrected chi connectivity index (χ4v) is 6.07. The van der Waals surface area contributed by atoms with Crippen molar-refractivity contribution in [2.45, 2.75) is 37.1 Å². The molecule has 2 heterocycles. The minimum atomic E-state index is -0.218. The van der Waals surface area contributed by atoms with Gasteiger partial charge in [-0.25, -0.2) is 8.70 Å². The van der Waals surface area contributed by atoms with Gasteiger partial charge in [0.25, 0.3) is 0 Å². The maximum absolute atomic E-state index is 13.9. The Balaban J connectivity index is 1.49. The van der Waals surface area contributed by atoms with E-state index in [1.54, 1.807) is 38.3 Å². The van der Waals surface area contributed by atoms with E-state index < -0.39 is 0 Å². The highest BCUT2D eigenvalue weighted by molar-refractivity contribution is 7.97. The summed E-state index contributed by atoms with van der Waals surface area (Å²) < 4.78 is 33.3. The van der Waals surface area contributed by atoms with E-state index in [0.717, 1.165) is 53.5 Å². The molecule has 0 saturated carbocycles. The zero-order valence-corrected chi connectivity index (χ0v) is 21.7. The molecule has 1 aliphatic heterocycles. The first kappa shape index (κ1) is 24.5. The van der Waals surface area contributed by atoms with Crippen LogP contribution in [0.1, 0.15) is 36.1 Å². The minimum Gasteiger partial charge on any atom is -0.497 e. The highest BCUT2D eigenvalue weighted by Gasteiger charge is 2.30. The number of rotatable bonds is 9. The zero-order chi connectivity index (χ0) is 25.1. The lowest BCUT2D eigenvalue weighted by Crippen LogP contribution is -2.31. The van der Waals surface area contributed by atoms with E-state index in [-0.39, 0.29) is 11.9 Å². The summed E-state index contributed by atoms with van der Waals surface area (Å²) in [6.07, 6.45) is 4.77. The molecule has 3 aromatic carbocycles. The zero-order valence-electron chi connectivity index (χ0n) is 20.8. The molecule has 7 heteroatoms. The smallest absolute Gasteiger partial charge is 0.161 e. The Morgan fingerprint density at radius 2 is 1.94 bits per heavy atom. The molecule has 1 N–H and O–H groups in total. The van der Waals surface area contributed by atoms with Crippen molar-refractivity contribution in [3.8, 4) is 17.2 Å². The average molecular weight is 507 g/mol. The lowest BCUT2D eigenvalue weighted by atomic mass is 9.90. The molecule has 0 spiro atoms. The predicted molar refractivity (Wildman–Crippen MR) is 143 cm³/mol. The van der Waals surface area contributed by atoms with Crippen molar-refractivity contribution in [1.82, 2.24) is 9.29 Å². The number of nitrogens with zero attached hydrogens (tertiary/aromatic N) is 1. The molecule has 0 radical (unpaired) electrons. The molecule has 5 rings (SSSR count). The van der Waals surface area contributed by atoms with Gasteiger partial charge in [-0.2, -0.15) is 0 Å². The molecule has 1 unspecified atom stereocenters. The van der Waals surface area contributed by atoms with Gasteiger partial charge in [0.2, 0.25) is 0 Å². The van der Waals surface area contributed by atoms with Crippen molar-refractivity contribution in [3.05, 3.63) is 83.3 Å². The number of halogens is 1. The van der Waals surface area contributed by atoms with E-state index in [0.29, 0.717) is 6.61 Å². The number of nitrogens with one attached hydrogen (secondary N) is 1. The Kier molecular flexibility index (Phi) is 7.39. The summed E-state index contributed by atoms with van der Waals surface area (Å²) in [5.41, 5.74) is 4.87. The first-order valence-electron chi connectivity index (χ1n) is 12.3. The third-order valence-electron chi connectivity index (χ3n) is 6.71. The maximum Gasteiger partial charge on any atom is 0.161 e. The van der Waals surface area contributed by atoms with Crippen LogP contribution in [-0.2, 0) is 12.8 Å². The van der Waals surface area contributed by atoms with Crippen LogP contribution in [0.4, 0.5) is 4.39 Å². The maximum atomic E-state index is 13.9. The van der Waals surface area contributed by atoms with Crippen LogP contribution in [0.5, 0.6) is 17.2 Å². The molecular weight excluding hydrogens is 475 g/mol. The quantitative estimate of drug-likeness (QED) is 0.249. The number of hydrogen-bond acceptors (Lipinski definition) is 5. The summed E-state index contributed by atoms with van der Waals surface area (Å²) in [5, 5.41) is 1.18. The molecule has 36 heavy (non-hydrogen) atoms. The number of H-pyrrole nitrogens is 1. The van der Waals surface area contributed by atoms with Gasteiger partial charge in [-0.05, 0) is 103 Å². The summed E-state index contributed by atoms with van der Waals surface area (Å²) in [7, 11) is 3.38. The van der Waals surface area contributed by atoms with Gasteiger partial charge in [0.05, 0.1) is 20.8 Å². The fraction of sp³-hybridized carbons (Fsp3) is 0.310. The second kappa shape index (κ2) is 10.8. The first-order valence-corrected chi connectivity index (χ1v) is 13.0. The Morgan fingerprint density at radius 3 is 2.72 bits per heavy atom. The summed E-state index contributed by atoms with van der Waals surface area (Å²) in [6, 6.07) is 17.3. The molecule has 0 saturated heterocycles. The number of aryl methyl sites for hydroxylation is 1. The third-order valence-corrected chi connectivity index (χ3v) is 7.85. The molecule has 0 aliphatic carbocycles. The molecule has 1 aromatic heterocycles. The number of hydrogen-bond donors (Lipinski definition) is 1. The molecule has 4 aromatic rings. The van der Waals surface area contributed by atoms with E-state index >= 15 is 0 Å². The molecule has 0 amide bonds. The van der Waals surface area contributed by atoms with E-state index in [4.69, 9.17) is 14.2 Å². The molecule has 1 atom stereocenters. The molecular formula is C29H31FN2O3S. The number of fused-ring (bicyclic) bond motifs is 2. The van der Waals surface area contributed by atoms with Crippen molar-refractivity contribution >= 4 is 22.9 Å². The topological polar surface area (TPSA) is 46.7 Å². The van der Waals surface area contributed by atoms with Crippen molar-refractivity contribution < 1.29 is 18.6 Å². The van der Waals surface area contributed by atoms with Gasteiger partial charge < -0.3 is 19.2 Å². The van der Waals surface area contributed by atoms with Crippen molar-refractivity contribution in [3.63, 3.8) is 0 Å². The van der Waals surface area contributed by atoms with E-state index in [1.807, 2.05) is 19.1 Å². The van der Waals surface area contributed by atoms with Crippen molar-refractivity contribution in [2.75, 3.05) is 27.4 Å². The summed E-state index contributed by atoms with van der Waals surface area (Å²) in [6.45, 7) is 3.41. The van der Waals surface area contributed by atoms with Crippen LogP contribution >= 0.6 is 11.9 Å². The van der Waals surface area contributed by atoms with Gasteiger partial charge in [-0.3, -0.25) is 0 Å². The van der Waals surface area contributed by atoms with Crippen LogP contribution in [-0.4, -0.2) is 36.7 Å². The van der Waals surface area contributed by atoms with Gasteiger partial charge in [-0.15, -0.1) is 0 Å². The predicted octanol–water partition coefficient (Wildman–Crippen LogP) is 6.96. The Labute approximate surface area is 215 Å². The molecule has 0 fully saturated rings. The van der Waals surface area contributed by atoms with Crippen LogP contribution in [0.2, 0.25) is 0 Å². The lowest BCUT2D eigenvalue weighted by Gasteiger charge is -2.37. The molecule has 1 aliphatic rings. The molecule has 5 nitrogen and oxygen atoms in total. The normalized spacial score (nSPS) is 15.6. The minimum absolute atomic E-state index is 0.127. The number of ether oxygens (including phenoxy) is 3. The third kappa shape index (κ3) is 5.04. The summed E-state index contributed by atoms with van der Waals surface area (Å²) in [4.78, 5) is 4.29. The van der Waals surface area contributed by atoms with Crippen molar-refractivity contribution in [1.29, 1.82) is 0 Å². The van der Waals surface area contributed by atoms with Gasteiger partial charge in [0.1, 0.15) is 11.6 Å². The highest BCUT2D eigenvalue weighted by Crippen LogP contribution is 2.44. The Morgan fingerprint density at radius 1 is 1.06 bits per heavy atom. The Hall–Kier alpha value is -3.16. The first-order chi connectivity index (χ1) is 17.6. The van der Waals surface area contributed by atoms with Crippen molar-refractivity contribution in [2.24, 2.45) is 0 Å². The van der Waals surface area contributed by atoms with Crippen LogP contribution in [0.25, 0.3) is 10.9 Å². The number of aromatic nitrogens is 1. The van der Waals surface area contributed by atoms with E-state index in [1.165, 1.54) is 28.1 Å². The largest absolute Gasteiger partial charge is 0.497 e. The summed E-state index contributed by atoms with van der Waals surface area (Å²) >= 11 is 1.62. The standard InChI is InChI=1S/C29H31FN2O3S/c1-4-35-29-17-25-19(14-28(29)34-3)12-13-32(36-23-7-5-6-21(30)15-23)27(25)11-8-20-18-31-26-10-9-22(33-2)16-24(20)26/h5-7,9-10,14-18,27,31H,4,8,11-13H2,1-3H3. The van der Waals surface area contributed by atoms with E-state index in [9.17, 15) is 4.39 Å². The summed E-state index contributed by atoms with van der Waals surface area (Å²) in [5.74, 6) is 2.16. The van der Waals surface area contributed by atoms with Crippen LogP contribution in [0.15, 0.2) is 65.7 Å². The fourth-order valence-electron chi connectivity index (χ4n) is 4.97. The lowest BCUT2D eigenvalue weighted by molar-refractivity contribution is 0.299. The van der Waals surface area contributed by atoms with Crippen LogP contribution in [0.3, 0.4) is 0 Å². The SMILES string of the molecule is CCOc1cc2c(cc1OC)CCN(Sc1cccc(F)c1)C2CCc1c[nH]c2ccc(OC)cc12. The number of aromatic amines is 1. The molecule has 0 bridgehead atoms. The highest BCUT2D eigenvalue weighted by atomic mass is 32.2. The monoisotopic (exact) mass is 506 g/mol. The van der Waals surface area contributed by atoms with Gasteiger partial charge in [0.15, 0.2) is 11.5 Å². The van der Waals surface area contributed by atoms with Gasteiger partial charge in [0, 0.05) is 34.6 Å². The van der Waals surface area contributed by atoms with E-state index in [2.05, 4.69) is 39.8 Å².